The third kappa shape index (κ3) is 1.80. The molecule has 66 valence electrons. The van der Waals surface area contributed by atoms with Crippen molar-refractivity contribution in [2.45, 2.75) is 12.6 Å². The van der Waals surface area contributed by atoms with Crippen molar-refractivity contribution in [3.8, 4) is 0 Å². The van der Waals surface area contributed by atoms with Crippen molar-refractivity contribution in [2.75, 3.05) is 0 Å². The van der Waals surface area contributed by atoms with E-state index in [1.807, 2.05) is 0 Å². The number of aromatic nitrogens is 2. The van der Waals surface area contributed by atoms with Gasteiger partial charge in [0.15, 0.2) is 5.82 Å². The van der Waals surface area contributed by atoms with E-state index in [1.54, 1.807) is 0 Å². The minimum Gasteiger partial charge on any atom is -0.329 e. The molecule has 0 aromatic carbocycles. The SMILES string of the molecule is O=CCc1noc(C(F)(F)F)n1. The summed E-state index contributed by atoms with van der Waals surface area (Å²) in [5.74, 6) is -1.70. The minimum atomic E-state index is -4.64. The van der Waals surface area contributed by atoms with Gasteiger partial charge < -0.3 is 9.32 Å². The van der Waals surface area contributed by atoms with Gasteiger partial charge in [-0.2, -0.15) is 18.2 Å². The highest BCUT2D eigenvalue weighted by molar-refractivity contribution is 5.52. The Bertz CT molecular complexity index is 280. The molecule has 0 amide bonds. The third-order valence-corrected chi connectivity index (χ3v) is 0.976. The van der Waals surface area contributed by atoms with Crippen LogP contribution in [0.1, 0.15) is 11.7 Å². The van der Waals surface area contributed by atoms with Crippen molar-refractivity contribution >= 4 is 6.29 Å². The van der Waals surface area contributed by atoms with Gasteiger partial charge in [-0.15, -0.1) is 0 Å². The summed E-state index contributed by atoms with van der Waals surface area (Å²) in [6.07, 6.45) is -4.53. The largest absolute Gasteiger partial charge is 0.471 e. The summed E-state index contributed by atoms with van der Waals surface area (Å²) in [5, 5.41) is 2.94. The molecule has 0 saturated heterocycles. The number of nitrogens with zero attached hydrogens (tertiary/aromatic N) is 2. The maximum absolute atomic E-state index is 11.8. The monoisotopic (exact) mass is 180 g/mol. The van der Waals surface area contributed by atoms with Crippen LogP contribution in [-0.2, 0) is 17.4 Å². The highest BCUT2D eigenvalue weighted by Crippen LogP contribution is 2.27. The maximum Gasteiger partial charge on any atom is 0.471 e. The van der Waals surface area contributed by atoms with Crippen LogP contribution in [0.3, 0.4) is 0 Å². The van der Waals surface area contributed by atoms with Crippen molar-refractivity contribution in [1.82, 2.24) is 10.1 Å². The summed E-state index contributed by atoms with van der Waals surface area (Å²) in [5.41, 5.74) is 0. The number of rotatable bonds is 2. The van der Waals surface area contributed by atoms with E-state index < -0.39 is 12.1 Å². The van der Waals surface area contributed by atoms with Crippen molar-refractivity contribution in [3.63, 3.8) is 0 Å². The Morgan fingerprint density at radius 2 is 2.17 bits per heavy atom. The van der Waals surface area contributed by atoms with Gasteiger partial charge in [0.1, 0.15) is 6.29 Å². The summed E-state index contributed by atoms with van der Waals surface area (Å²) >= 11 is 0. The molecule has 0 aliphatic carbocycles. The van der Waals surface area contributed by atoms with E-state index in [0.29, 0.717) is 6.29 Å². The Morgan fingerprint density at radius 1 is 1.50 bits per heavy atom. The van der Waals surface area contributed by atoms with Gasteiger partial charge in [-0.05, 0) is 0 Å². The second kappa shape index (κ2) is 2.92. The highest BCUT2D eigenvalue weighted by atomic mass is 19.4. The normalized spacial score (nSPS) is 11.6. The number of hydrogen-bond acceptors (Lipinski definition) is 4. The molecule has 0 N–H and O–H groups in total. The first-order chi connectivity index (χ1) is 5.54. The van der Waals surface area contributed by atoms with Gasteiger partial charge in [-0.25, -0.2) is 0 Å². The first-order valence-electron chi connectivity index (χ1n) is 2.87. The molecule has 0 aliphatic heterocycles. The quantitative estimate of drug-likeness (QED) is 0.632. The number of carbonyl (C=O) groups is 1. The molecule has 0 radical (unpaired) electrons. The van der Waals surface area contributed by atoms with Crippen LogP contribution in [0.4, 0.5) is 13.2 Å². The smallest absolute Gasteiger partial charge is 0.329 e. The lowest BCUT2D eigenvalue weighted by Gasteiger charge is -1.95. The van der Waals surface area contributed by atoms with Gasteiger partial charge in [-0.1, -0.05) is 5.16 Å². The van der Waals surface area contributed by atoms with E-state index in [2.05, 4.69) is 14.7 Å². The summed E-state index contributed by atoms with van der Waals surface area (Å²) < 4.78 is 39.1. The molecular formula is C5H3F3N2O2. The van der Waals surface area contributed by atoms with E-state index in [-0.39, 0.29) is 12.2 Å². The fraction of sp³-hybridized carbons (Fsp3) is 0.400. The Balaban J connectivity index is 2.84. The first kappa shape index (κ1) is 8.69. The highest BCUT2D eigenvalue weighted by Gasteiger charge is 2.38. The summed E-state index contributed by atoms with van der Waals surface area (Å²) in [4.78, 5) is 12.8. The van der Waals surface area contributed by atoms with Crippen LogP contribution in [0, 0.1) is 0 Å². The predicted octanol–water partition coefficient (Wildman–Crippen LogP) is 0.830. The molecule has 1 aromatic rings. The molecule has 0 unspecified atom stereocenters. The van der Waals surface area contributed by atoms with E-state index in [4.69, 9.17) is 0 Å². The van der Waals surface area contributed by atoms with Gasteiger partial charge in [-0.3, -0.25) is 0 Å². The fourth-order valence-electron chi connectivity index (χ4n) is 0.527. The van der Waals surface area contributed by atoms with Gasteiger partial charge >= 0.3 is 12.1 Å². The third-order valence-electron chi connectivity index (χ3n) is 0.976. The van der Waals surface area contributed by atoms with Crippen LogP contribution in [0.2, 0.25) is 0 Å². The zero-order valence-electron chi connectivity index (χ0n) is 5.63. The molecule has 0 atom stereocenters. The molecule has 0 fully saturated rings. The van der Waals surface area contributed by atoms with E-state index in [9.17, 15) is 18.0 Å². The molecule has 1 heterocycles. The van der Waals surface area contributed by atoms with Crippen LogP contribution in [0.15, 0.2) is 4.52 Å². The van der Waals surface area contributed by atoms with Gasteiger partial charge in [0, 0.05) is 0 Å². The topological polar surface area (TPSA) is 56.0 Å². The van der Waals surface area contributed by atoms with E-state index >= 15 is 0 Å². The summed E-state index contributed by atoms with van der Waals surface area (Å²) in [6.45, 7) is 0. The van der Waals surface area contributed by atoms with Crippen molar-refractivity contribution in [1.29, 1.82) is 0 Å². The summed E-state index contributed by atoms with van der Waals surface area (Å²) in [7, 11) is 0. The maximum atomic E-state index is 11.8. The van der Waals surface area contributed by atoms with Crippen LogP contribution in [0.25, 0.3) is 0 Å². The number of carbonyl (C=O) groups excluding carboxylic acids is 1. The number of aldehydes is 1. The molecule has 1 aromatic heterocycles. The fourth-order valence-corrected chi connectivity index (χ4v) is 0.527. The number of hydrogen-bond donors (Lipinski definition) is 0. The summed E-state index contributed by atoms with van der Waals surface area (Å²) in [6, 6.07) is 0. The lowest BCUT2D eigenvalue weighted by molar-refractivity contribution is -0.159. The molecule has 0 bridgehead atoms. The number of halogens is 3. The van der Waals surface area contributed by atoms with Crippen LogP contribution >= 0.6 is 0 Å². The zero-order chi connectivity index (χ0) is 9.19. The molecule has 1 rings (SSSR count). The van der Waals surface area contributed by atoms with Gasteiger partial charge in [0.25, 0.3) is 0 Å². The average Bonchev–Trinajstić information content (AvgIpc) is 2.35. The molecule has 0 aliphatic rings. The van der Waals surface area contributed by atoms with Crippen LogP contribution in [0.5, 0.6) is 0 Å². The van der Waals surface area contributed by atoms with Crippen molar-refractivity contribution in [2.24, 2.45) is 0 Å². The average molecular weight is 180 g/mol. The first-order valence-corrected chi connectivity index (χ1v) is 2.87. The Morgan fingerprint density at radius 3 is 2.58 bits per heavy atom. The Hall–Kier alpha value is -1.40. The van der Waals surface area contributed by atoms with E-state index in [1.165, 1.54) is 0 Å². The molecule has 0 spiro atoms. The second-order valence-electron chi connectivity index (χ2n) is 1.88. The molecular weight excluding hydrogens is 177 g/mol. The number of alkyl halides is 3. The molecule has 7 heteroatoms. The van der Waals surface area contributed by atoms with Crippen molar-refractivity contribution in [3.05, 3.63) is 11.7 Å². The van der Waals surface area contributed by atoms with Gasteiger partial charge in [0.2, 0.25) is 0 Å². The lowest BCUT2D eigenvalue weighted by atomic mass is 10.4. The second-order valence-corrected chi connectivity index (χ2v) is 1.88. The van der Waals surface area contributed by atoms with Gasteiger partial charge in [0.05, 0.1) is 6.42 Å². The van der Waals surface area contributed by atoms with E-state index in [0.717, 1.165) is 0 Å². The van der Waals surface area contributed by atoms with Crippen LogP contribution in [-0.4, -0.2) is 16.4 Å². The van der Waals surface area contributed by atoms with Crippen molar-refractivity contribution < 1.29 is 22.5 Å². The Labute approximate surface area is 64.4 Å². The molecule has 4 nitrogen and oxygen atoms in total. The Kier molecular flexibility index (Phi) is 2.11. The van der Waals surface area contributed by atoms with Crippen LogP contribution < -0.4 is 0 Å². The molecule has 0 saturated carbocycles. The minimum absolute atomic E-state index is 0.266. The zero-order valence-corrected chi connectivity index (χ0v) is 5.63. The molecule has 12 heavy (non-hydrogen) atoms. The predicted molar refractivity (Wildman–Crippen MR) is 29.1 cm³/mol. The standard InChI is InChI=1S/C5H3F3N2O2/c6-5(7,8)4-9-3(1-2-11)10-12-4/h2H,1H2. The lowest BCUT2D eigenvalue weighted by Crippen LogP contribution is -2.05.